The molecule has 3 heterocycles. The Kier molecular flexibility index (Phi) is 6.31. The van der Waals surface area contributed by atoms with Crippen LogP contribution in [-0.2, 0) is 0 Å². The first-order valence-corrected chi connectivity index (χ1v) is 17.9. The van der Waals surface area contributed by atoms with Crippen LogP contribution in [0.2, 0.25) is 0 Å². The molecule has 11 rings (SSSR count). The number of hydrogen-bond acceptors (Lipinski definition) is 1. The predicted octanol–water partition coefficient (Wildman–Crippen LogP) is 13.5. The zero-order valence-corrected chi connectivity index (χ0v) is 28.3. The second-order valence-corrected chi connectivity index (χ2v) is 13.7. The molecule has 0 N–H and O–H groups in total. The molecule has 3 aromatic heterocycles. The minimum Gasteiger partial charge on any atom is -0.456 e. The van der Waals surface area contributed by atoms with Crippen LogP contribution in [0.15, 0.2) is 186 Å². The number of furan rings is 1. The van der Waals surface area contributed by atoms with Gasteiger partial charge in [-0.15, -0.1) is 0 Å². The van der Waals surface area contributed by atoms with Crippen LogP contribution in [-0.4, -0.2) is 9.13 Å². The monoisotopic (exact) mass is 664 g/mol. The van der Waals surface area contributed by atoms with Crippen molar-refractivity contribution >= 4 is 71.2 Å². The van der Waals surface area contributed by atoms with Gasteiger partial charge < -0.3 is 13.6 Å². The van der Waals surface area contributed by atoms with Gasteiger partial charge in [-0.3, -0.25) is 0 Å². The van der Waals surface area contributed by atoms with Gasteiger partial charge in [0, 0.05) is 50.1 Å². The van der Waals surface area contributed by atoms with E-state index in [1.165, 1.54) is 66.0 Å². The maximum absolute atomic E-state index is 6.41. The lowest BCUT2D eigenvalue weighted by Gasteiger charge is -2.11. The van der Waals surface area contributed by atoms with Crippen LogP contribution >= 0.6 is 0 Å². The van der Waals surface area contributed by atoms with E-state index in [0.29, 0.717) is 0 Å². The van der Waals surface area contributed by atoms with E-state index < -0.39 is 0 Å². The molecule has 0 saturated carbocycles. The normalized spacial score (nSPS) is 13.3. The van der Waals surface area contributed by atoms with Gasteiger partial charge in [0.2, 0.25) is 0 Å². The highest BCUT2D eigenvalue weighted by molar-refractivity contribution is 6.13. The molecule has 10 aromatic rings. The molecule has 0 amide bonds. The molecule has 0 spiro atoms. The third-order valence-corrected chi connectivity index (χ3v) is 10.8. The zero-order valence-electron chi connectivity index (χ0n) is 28.3. The molecule has 3 heteroatoms. The van der Waals surface area contributed by atoms with Crippen LogP contribution in [0.1, 0.15) is 6.42 Å². The van der Waals surface area contributed by atoms with Crippen molar-refractivity contribution < 1.29 is 4.42 Å². The molecule has 0 fully saturated rings. The quantitative estimate of drug-likeness (QED) is 0.184. The van der Waals surface area contributed by atoms with Crippen molar-refractivity contribution in [1.29, 1.82) is 0 Å². The van der Waals surface area contributed by atoms with Gasteiger partial charge in [0.05, 0.1) is 22.1 Å². The number of fused-ring (bicyclic) bond motifs is 9. The second-order valence-electron chi connectivity index (χ2n) is 13.7. The summed E-state index contributed by atoms with van der Waals surface area (Å²) in [7, 11) is 0. The fourth-order valence-electron chi connectivity index (χ4n) is 8.33. The lowest BCUT2D eigenvalue weighted by atomic mass is 9.99. The molecular formula is C49H32N2O. The summed E-state index contributed by atoms with van der Waals surface area (Å²) < 4.78 is 11.2. The molecule has 1 aliphatic carbocycles. The van der Waals surface area contributed by atoms with Crippen LogP contribution in [0, 0.1) is 0 Å². The fourth-order valence-corrected chi connectivity index (χ4v) is 8.33. The summed E-state index contributed by atoms with van der Waals surface area (Å²) in [6, 6.07) is 55.0. The lowest BCUT2D eigenvalue weighted by molar-refractivity contribution is 0.669. The van der Waals surface area contributed by atoms with Gasteiger partial charge >= 0.3 is 0 Å². The molecule has 244 valence electrons. The molecule has 0 aliphatic heterocycles. The van der Waals surface area contributed by atoms with Gasteiger partial charge in [-0.25, -0.2) is 0 Å². The Morgan fingerprint density at radius 2 is 0.904 bits per heavy atom. The number of allylic oxidation sites excluding steroid dienone is 6. The summed E-state index contributed by atoms with van der Waals surface area (Å²) >= 11 is 0. The highest BCUT2D eigenvalue weighted by Crippen LogP contribution is 2.40. The maximum atomic E-state index is 6.41. The smallest absolute Gasteiger partial charge is 0.135 e. The number of benzene rings is 7. The largest absolute Gasteiger partial charge is 0.456 e. The Morgan fingerprint density at radius 3 is 1.56 bits per heavy atom. The fraction of sp³-hybridized carbons (Fsp3) is 0.0204. The van der Waals surface area contributed by atoms with E-state index in [9.17, 15) is 0 Å². The topological polar surface area (TPSA) is 23.0 Å². The van der Waals surface area contributed by atoms with Crippen molar-refractivity contribution in [1.82, 2.24) is 9.13 Å². The van der Waals surface area contributed by atoms with E-state index in [4.69, 9.17) is 4.42 Å². The van der Waals surface area contributed by atoms with Gasteiger partial charge in [-0.05, 0) is 89.0 Å². The summed E-state index contributed by atoms with van der Waals surface area (Å²) in [5.74, 6) is 0. The average molecular weight is 665 g/mol. The van der Waals surface area contributed by atoms with Gasteiger partial charge in [-0.2, -0.15) is 0 Å². The Hall–Kier alpha value is -6.84. The number of nitrogens with zero attached hydrogens (tertiary/aromatic N) is 2. The van der Waals surface area contributed by atoms with Crippen LogP contribution in [0.3, 0.4) is 0 Å². The molecule has 3 nitrogen and oxygen atoms in total. The van der Waals surface area contributed by atoms with Crippen LogP contribution in [0.4, 0.5) is 0 Å². The number of hydrogen-bond donors (Lipinski definition) is 0. The minimum atomic E-state index is 0.877. The minimum absolute atomic E-state index is 0.877. The first-order chi connectivity index (χ1) is 25.8. The van der Waals surface area contributed by atoms with E-state index in [0.717, 1.165) is 39.6 Å². The summed E-state index contributed by atoms with van der Waals surface area (Å²) in [5.41, 5.74) is 13.8. The van der Waals surface area contributed by atoms with E-state index in [1.54, 1.807) is 0 Å². The second kappa shape index (κ2) is 11.3. The third kappa shape index (κ3) is 4.39. The summed E-state index contributed by atoms with van der Waals surface area (Å²) in [6.45, 7) is 0. The van der Waals surface area contributed by atoms with Crippen molar-refractivity contribution in [2.24, 2.45) is 0 Å². The van der Waals surface area contributed by atoms with Crippen molar-refractivity contribution in [2.75, 3.05) is 0 Å². The van der Waals surface area contributed by atoms with Crippen molar-refractivity contribution in [2.45, 2.75) is 6.42 Å². The molecule has 0 atom stereocenters. The third-order valence-electron chi connectivity index (χ3n) is 10.8. The first-order valence-electron chi connectivity index (χ1n) is 17.9. The highest BCUT2D eigenvalue weighted by Gasteiger charge is 2.17. The average Bonchev–Trinajstić information content (AvgIpc) is 3.76. The molecule has 52 heavy (non-hydrogen) atoms. The number of aromatic nitrogens is 2. The first kappa shape index (κ1) is 28.9. The standard InChI is InChI=1S/C49H32N2O/c1-2-5-13-36(12-4-1)50-44-18-10-8-16-38(44)40-24-20-34(30-46(40)50)32-22-26-48-42(28-32)43-29-33(23-27-49(43)52-48)35-21-25-41-39-17-9-11-19-45(39)51(47(41)31-35)37-14-6-3-7-15-37/h1-12,14-31H,13H2. The summed E-state index contributed by atoms with van der Waals surface area (Å²) in [4.78, 5) is 0. The Balaban J connectivity index is 1.06. The van der Waals surface area contributed by atoms with E-state index >= 15 is 0 Å². The molecule has 7 aromatic carbocycles. The Bertz CT molecular complexity index is 3140. The zero-order chi connectivity index (χ0) is 34.2. The molecular weight excluding hydrogens is 633 g/mol. The number of para-hydroxylation sites is 3. The highest BCUT2D eigenvalue weighted by atomic mass is 16.3. The number of rotatable bonds is 4. The van der Waals surface area contributed by atoms with Crippen molar-refractivity contribution in [3.8, 4) is 27.9 Å². The molecule has 0 saturated heterocycles. The summed E-state index contributed by atoms with van der Waals surface area (Å²) in [6.07, 6.45) is 11.7. The van der Waals surface area contributed by atoms with Gasteiger partial charge in [0.1, 0.15) is 11.2 Å². The Morgan fingerprint density at radius 1 is 0.385 bits per heavy atom. The van der Waals surface area contributed by atoms with Crippen LogP contribution < -0.4 is 0 Å². The van der Waals surface area contributed by atoms with Crippen LogP contribution in [0.25, 0.3) is 99.2 Å². The lowest BCUT2D eigenvalue weighted by Crippen LogP contribution is -1.96. The van der Waals surface area contributed by atoms with Gasteiger partial charge in [-0.1, -0.05) is 115 Å². The van der Waals surface area contributed by atoms with Gasteiger partial charge in [0.25, 0.3) is 0 Å². The van der Waals surface area contributed by atoms with Crippen molar-refractivity contribution in [3.63, 3.8) is 0 Å². The SMILES string of the molecule is C1=CC=C(n2c3ccccc3c3ccc(-c4ccc5oc6ccc(-c7ccc8c9ccccc9n(-c9ccccc9)c8c7)cc6c5c4)cc32)CC=C1. The maximum Gasteiger partial charge on any atom is 0.135 e. The molecule has 0 bridgehead atoms. The van der Waals surface area contributed by atoms with Gasteiger partial charge in [0.15, 0.2) is 0 Å². The van der Waals surface area contributed by atoms with E-state index in [1.807, 2.05) is 0 Å². The molecule has 1 aliphatic rings. The molecule has 0 radical (unpaired) electrons. The Labute approximate surface area is 300 Å². The van der Waals surface area contributed by atoms with Crippen LogP contribution in [0.5, 0.6) is 0 Å². The summed E-state index contributed by atoms with van der Waals surface area (Å²) in [5, 5.41) is 7.29. The predicted molar refractivity (Wildman–Crippen MR) is 219 cm³/mol. The van der Waals surface area contributed by atoms with E-state index in [2.05, 4.69) is 191 Å². The van der Waals surface area contributed by atoms with E-state index in [-0.39, 0.29) is 0 Å². The van der Waals surface area contributed by atoms with Crippen molar-refractivity contribution in [3.05, 3.63) is 182 Å². The molecule has 0 unspecified atom stereocenters.